The quantitative estimate of drug-likeness (QED) is 0.380. The molecule has 208 valence electrons. The van der Waals surface area contributed by atoms with E-state index in [2.05, 4.69) is 10.3 Å². The van der Waals surface area contributed by atoms with E-state index in [9.17, 15) is 19.5 Å². The van der Waals surface area contributed by atoms with Crippen molar-refractivity contribution < 1.29 is 24.3 Å². The van der Waals surface area contributed by atoms with Gasteiger partial charge in [-0.25, -0.2) is 4.79 Å². The molecule has 0 unspecified atom stereocenters. The number of aromatic hydroxyl groups is 1. The average Bonchev–Trinajstić information content (AvgIpc) is 3.00. The molecule has 6 rings (SSSR count). The number of hydrogen-bond donors (Lipinski definition) is 2. The Morgan fingerprint density at radius 3 is 2.54 bits per heavy atom. The number of phenolic OH excluding ortho intramolecular Hbond substituents is 1. The second-order valence-electron chi connectivity index (χ2n) is 10.1. The van der Waals surface area contributed by atoms with Crippen molar-refractivity contribution >= 4 is 28.7 Å². The first-order chi connectivity index (χ1) is 20.0. The number of rotatable bonds is 6. The van der Waals surface area contributed by atoms with Gasteiger partial charge in [-0.05, 0) is 34.9 Å². The second-order valence-corrected chi connectivity index (χ2v) is 10.1. The van der Waals surface area contributed by atoms with Gasteiger partial charge in [-0.2, -0.15) is 5.06 Å². The molecule has 2 fully saturated rings. The summed E-state index contributed by atoms with van der Waals surface area (Å²) >= 11 is 0. The Morgan fingerprint density at radius 1 is 0.951 bits per heavy atom. The fourth-order valence-electron chi connectivity index (χ4n) is 5.45. The number of fused-ring (bicyclic) bond motifs is 2. The monoisotopic (exact) mass is 551 g/mol. The molecule has 10 heteroatoms. The van der Waals surface area contributed by atoms with E-state index >= 15 is 0 Å². The van der Waals surface area contributed by atoms with Crippen LogP contribution in [0.15, 0.2) is 91.1 Å². The first-order valence-electron chi connectivity index (χ1n) is 13.4. The van der Waals surface area contributed by atoms with Gasteiger partial charge in [0.1, 0.15) is 11.8 Å². The number of nitrogens with zero attached hydrogens (tertiary/aromatic N) is 4. The molecule has 0 bridgehead atoms. The first kappa shape index (κ1) is 26.3. The number of urea groups is 1. The zero-order chi connectivity index (χ0) is 28.3. The molecular weight excluding hydrogens is 522 g/mol. The topological polar surface area (TPSA) is 115 Å². The molecule has 0 saturated carbocycles. The van der Waals surface area contributed by atoms with Crippen LogP contribution in [-0.4, -0.2) is 68.2 Å². The lowest BCUT2D eigenvalue weighted by Gasteiger charge is -2.51. The van der Waals surface area contributed by atoms with Crippen LogP contribution in [0.3, 0.4) is 0 Å². The van der Waals surface area contributed by atoms with E-state index in [0.717, 1.165) is 27.6 Å². The molecule has 2 atom stereocenters. The number of phenols is 1. The SMILES string of the molecule is O=C1[C@H](Cc2ccc(O)cc2)N2C(=O)CON(C(=O)NCc3ccccc3)[C@H]2CN1Cc1cccc2cccnc12. The zero-order valence-corrected chi connectivity index (χ0v) is 22.2. The molecule has 2 N–H and O–H groups in total. The number of amides is 4. The van der Waals surface area contributed by atoms with Gasteiger partial charge in [-0.15, -0.1) is 0 Å². The maximum Gasteiger partial charge on any atom is 0.343 e. The predicted octanol–water partition coefficient (Wildman–Crippen LogP) is 3.21. The second kappa shape index (κ2) is 11.3. The number of carbonyl (C=O) groups is 3. The minimum absolute atomic E-state index is 0.0681. The first-order valence-corrected chi connectivity index (χ1v) is 13.4. The summed E-state index contributed by atoms with van der Waals surface area (Å²) in [7, 11) is 0. The van der Waals surface area contributed by atoms with E-state index < -0.39 is 18.2 Å². The maximum atomic E-state index is 14.0. The molecule has 0 spiro atoms. The van der Waals surface area contributed by atoms with E-state index in [-0.39, 0.29) is 50.2 Å². The van der Waals surface area contributed by atoms with Crippen LogP contribution in [0.25, 0.3) is 10.9 Å². The highest BCUT2D eigenvalue weighted by Gasteiger charge is 2.49. The molecule has 10 nitrogen and oxygen atoms in total. The molecule has 3 aromatic carbocycles. The van der Waals surface area contributed by atoms with Gasteiger partial charge in [-0.1, -0.05) is 66.7 Å². The summed E-state index contributed by atoms with van der Waals surface area (Å²) in [5, 5.41) is 14.8. The maximum absolute atomic E-state index is 14.0. The van der Waals surface area contributed by atoms with Crippen LogP contribution in [0.2, 0.25) is 0 Å². The minimum Gasteiger partial charge on any atom is -0.508 e. The van der Waals surface area contributed by atoms with E-state index in [1.54, 1.807) is 35.4 Å². The summed E-state index contributed by atoms with van der Waals surface area (Å²) in [6.45, 7) is 0.235. The van der Waals surface area contributed by atoms with Crippen LogP contribution < -0.4 is 5.32 Å². The van der Waals surface area contributed by atoms with Gasteiger partial charge < -0.3 is 20.2 Å². The summed E-state index contributed by atoms with van der Waals surface area (Å²) in [6, 6.07) is 24.3. The molecule has 1 aromatic heterocycles. The number of carbonyl (C=O) groups excluding carboxylic acids is 3. The molecule has 0 radical (unpaired) electrons. The standard InChI is InChI=1S/C31H29N5O5/c37-25-13-11-21(12-14-25)16-26-30(39)34(18-24-9-4-8-23-10-5-15-32-29(23)24)19-27-35(26)28(38)20-41-36(27)31(40)33-17-22-6-2-1-3-7-22/h1-15,26-27,37H,16-20H2,(H,33,40)/t26-,27-/m0/s1. The van der Waals surface area contributed by atoms with Crippen molar-refractivity contribution in [2.75, 3.05) is 13.2 Å². The van der Waals surface area contributed by atoms with Gasteiger partial charge >= 0.3 is 6.03 Å². The van der Waals surface area contributed by atoms with E-state index in [1.807, 2.05) is 60.7 Å². The Balaban J connectivity index is 1.32. The van der Waals surface area contributed by atoms with Crippen molar-refractivity contribution in [3.63, 3.8) is 0 Å². The Kier molecular flexibility index (Phi) is 7.22. The van der Waals surface area contributed by atoms with Gasteiger partial charge in [0, 0.05) is 31.1 Å². The van der Waals surface area contributed by atoms with E-state index in [1.165, 1.54) is 9.96 Å². The van der Waals surface area contributed by atoms with Crippen LogP contribution in [0.1, 0.15) is 16.7 Å². The van der Waals surface area contributed by atoms with Crippen molar-refractivity contribution in [3.05, 3.63) is 108 Å². The fourth-order valence-corrected chi connectivity index (χ4v) is 5.45. The van der Waals surface area contributed by atoms with Gasteiger partial charge in [0.25, 0.3) is 5.91 Å². The van der Waals surface area contributed by atoms with Crippen molar-refractivity contribution in [1.82, 2.24) is 25.2 Å². The van der Waals surface area contributed by atoms with Gasteiger partial charge in [0.05, 0.1) is 12.1 Å². The third kappa shape index (κ3) is 5.42. The average molecular weight is 552 g/mol. The fraction of sp³-hybridized carbons (Fsp3) is 0.226. The summed E-state index contributed by atoms with van der Waals surface area (Å²) in [5.74, 6) is -0.497. The van der Waals surface area contributed by atoms with Crippen molar-refractivity contribution in [1.29, 1.82) is 0 Å². The zero-order valence-electron chi connectivity index (χ0n) is 22.2. The van der Waals surface area contributed by atoms with Crippen LogP contribution in [-0.2, 0) is 33.9 Å². The molecule has 2 saturated heterocycles. The minimum atomic E-state index is -0.873. The molecule has 4 aromatic rings. The van der Waals surface area contributed by atoms with Crippen LogP contribution in [0.5, 0.6) is 5.75 Å². The van der Waals surface area contributed by atoms with Crippen molar-refractivity contribution in [3.8, 4) is 5.75 Å². The number of benzene rings is 3. The molecule has 0 aliphatic carbocycles. The highest BCUT2D eigenvalue weighted by Crippen LogP contribution is 2.29. The molecular formula is C31H29N5O5. The van der Waals surface area contributed by atoms with Gasteiger partial charge in [0.2, 0.25) is 5.91 Å². The third-order valence-corrected chi connectivity index (χ3v) is 7.45. The van der Waals surface area contributed by atoms with Crippen LogP contribution >= 0.6 is 0 Å². The number of pyridine rings is 1. The molecule has 2 aliphatic rings. The van der Waals surface area contributed by atoms with Crippen LogP contribution in [0.4, 0.5) is 4.79 Å². The van der Waals surface area contributed by atoms with Crippen molar-refractivity contribution in [2.24, 2.45) is 0 Å². The van der Waals surface area contributed by atoms with Crippen LogP contribution in [0, 0.1) is 0 Å². The Hall–Kier alpha value is -4.96. The molecule has 2 aliphatic heterocycles. The van der Waals surface area contributed by atoms with Gasteiger partial charge in [0.15, 0.2) is 12.8 Å². The van der Waals surface area contributed by atoms with Gasteiger partial charge in [-0.3, -0.25) is 19.4 Å². The summed E-state index contributed by atoms with van der Waals surface area (Å²) in [6.07, 6.45) is 1.09. The van der Waals surface area contributed by atoms with Crippen molar-refractivity contribution in [2.45, 2.75) is 31.7 Å². The lowest BCUT2D eigenvalue weighted by molar-refractivity contribution is -0.236. The van der Waals surface area contributed by atoms with E-state index in [4.69, 9.17) is 4.84 Å². The third-order valence-electron chi connectivity index (χ3n) is 7.45. The number of hydroxylamine groups is 2. The largest absolute Gasteiger partial charge is 0.508 e. The predicted molar refractivity (Wildman–Crippen MR) is 150 cm³/mol. The lowest BCUT2D eigenvalue weighted by Crippen LogP contribution is -2.72. The normalized spacial score (nSPS) is 18.9. The Bertz CT molecular complexity index is 1570. The highest BCUT2D eigenvalue weighted by atomic mass is 16.7. The highest BCUT2D eigenvalue weighted by molar-refractivity contribution is 5.91. The summed E-state index contributed by atoms with van der Waals surface area (Å²) in [4.78, 5) is 54.0. The molecule has 3 heterocycles. The number of hydrogen-bond acceptors (Lipinski definition) is 6. The number of piperazine rings is 1. The Labute approximate surface area is 236 Å². The number of aromatic nitrogens is 1. The molecule has 41 heavy (non-hydrogen) atoms. The van der Waals surface area contributed by atoms with E-state index in [0.29, 0.717) is 0 Å². The summed E-state index contributed by atoms with van der Waals surface area (Å²) < 4.78 is 0. The smallest absolute Gasteiger partial charge is 0.343 e. The number of para-hydroxylation sites is 1. The number of nitrogens with one attached hydrogen (secondary N) is 1. The summed E-state index contributed by atoms with van der Waals surface area (Å²) in [5.41, 5.74) is 3.33. The Morgan fingerprint density at radius 2 is 1.73 bits per heavy atom. The lowest BCUT2D eigenvalue weighted by atomic mass is 9.98. The molecule has 4 amide bonds.